The number of fused-ring (bicyclic) bond motifs is 2. The van der Waals surface area contributed by atoms with E-state index in [2.05, 4.69) is 62.2 Å². The molecule has 2 aliphatic rings. The Labute approximate surface area is 168 Å². The number of rotatable bonds is 5. The number of ether oxygens (including phenoxy) is 1. The molecule has 1 aliphatic heterocycles. The standard InChI is InChI=1S/C24H32N2O2/c1-16(2)28-23-10-9-17-7-5-6-8-21(17)22(23)15-25(3)20-11-18-13-24(27)26(4)14-19(18)12-20/h5-10,16,18-20H,11-15H2,1-4H3/t18-,19+,20-/m1/s1. The van der Waals surface area contributed by atoms with Crippen LogP contribution in [0.15, 0.2) is 36.4 Å². The molecular formula is C24H32N2O2. The third kappa shape index (κ3) is 3.75. The lowest BCUT2D eigenvalue weighted by atomic mass is 9.88. The van der Waals surface area contributed by atoms with Crippen molar-refractivity contribution >= 4 is 16.7 Å². The zero-order valence-corrected chi connectivity index (χ0v) is 17.5. The summed E-state index contributed by atoms with van der Waals surface area (Å²) in [5.41, 5.74) is 1.28. The van der Waals surface area contributed by atoms with Crippen LogP contribution >= 0.6 is 0 Å². The second kappa shape index (κ2) is 7.75. The van der Waals surface area contributed by atoms with Crippen molar-refractivity contribution < 1.29 is 9.53 Å². The van der Waals surface area contributed by atoms with Crippen LogP contribution in [-0.2, 0) is 11.3 Å². The highest BCUT2D eigenvalue weighted by molar-refractivity contribution is 5.87. The van der Waals surface area contributed by atoms with Crippen LogP contribution in [0.5, 0.6) is 5.75 Å². The number of amides is 1. The Bertz CT molecular complexity index is 863. The second-order valence-corrected chi connectivity index (χ2v) is 8.97. The first-order chi connectivity index (χ1) is 13.4. The molecule has 1 amide bonds. The van der Waals surface area contributed by atoms with E-state index in [1.807, 2.05) is 11.9 Å². The van der Waals surface area contributed by atoms with E-state index in [9.17, 15) is 4.79 Å². The molecule has 2 aromatic rings. The minimum atomic E-state index is 0.154. The fraction of sp³-hybridized carbons (Fsp3) is 0.542. The molecule has 1 aliphatic carbocycles. The number of carbonyl (C=O) groups excluding carboxylic acids is 1. The molecule has 1 saturated heterocycles. The lowest BCUT2D eigenvalue weighted by molar-refractivity contribution is -0.134. The fourth-order valence-corrected chi connectivity index (χ4v) is 5.07. The van der Waals surface area contributed by atoms with Crippen LogP contribution in [0.3, 0.4) is 0 Å². The van der Waals surface area contributed by atoms with E-state index in [0.717, 1.165) is 31.7 Å². The number of hydrogen-bond acceptors (Lipinski definition) is 3. The topological polar surface area (TPSA) is 32.8 Å². The molecule has 0 bridgehead atoms. The summed E-state index contributed by atoms with van der Waals surface area (Å²) in [4.78, 5) is 16.5. The molecule has 1 heterocycles. The van der Waals surface area contributed by atoms with Crippen LogP contribution < -0.4 is 4.74 Å². The van der Waals surface area contributed by atoms with E-state index in [1.54, 1.807) is 0 Å². The molecule has 2 aromatic carbocycles. The fourth-order valence-electron chi connectivity index (χ4n) is 5.07. The molecule has 150 valence electrons. The summed E-state index contributed by atoms with van der Waals surface area (Å²) < 4.78 is 6.16. The van der Waals surface area contributed by atoms with Crippen molar-refractivity contribution in [1.29, 1.82) is 0 Å². The van der Waals surface area contributed by atoms with Gasteiger partial charge in [0, 0.05) is 38.2 Å². The van der Waals surface area contributed by atoms with Crippen molar-refractivity contribution in [1.82, 2.24) is 9.80 Å². The zero-order chi connectivity index (χ0) is 19.8. The lowest BCUT2D eigenvalue weighted by Gasteiger charge is -2.31. The number of piperidine rings is 1. The molecule has 2 fully saturated rings. The first kappa shape index (κ1) is 19.3. The predicted molar refractivity (Wildman–Crippen MR) is 113 cm³/mol. The van der Waals surface area contributed by atoms with Crippen molar-refractivity contribution in [2.24, 2.45) is 11.8 Å². The van der Waals surface area contributed by atoms with Crippen molar-refractivity contribution in [2.75, 3.05) is 20.6 Å². The minimum absolute atomic E-state index is 0.154. The number of benzene rings is 2. The van der Waals surface area contributed by atoms with Gasteiger partial charge in [-0.15, -0.1) is 0 Å². The van der Waals surface area contributed by atoms with E-state index in [0.29, 0.717) is 23.8 Å². The summed E-state index contributed by atoms with van der Waals surface area (Å²) in [6, 6.07) is 13.4. The third-order valence-corrected chi connectivity index (χ3v) is 6.58. The summed E-state index contributed by atoms with van der Waals surface area (Å²) in [6.45, 7) is 5.96. The van der Waals surface area contributed by atoms with Gasteiger partial charge >= 0.3 is 0 Å². The van der Waals surface area contributed by atoms with Gasteiger partial charge in [0.05, 0.1) is 6.10 Å². The van der Waals surface area contributed by atoms with Gasteiger partial charge in [0.25, 0.3) is 0 Å². The molecular weight excluding hydrogens is 348 g/mol. The molecule has 0 spiro atoms. The first-order valence-electron chi connectivity index (χ1n) is 10.5. The van der Waals surface area contributed by atoms with Crippen molar-refractivity contribution in [3.63, 3.8) is 0 Å². The van der Waals surface area contributed by atoms with Crippen LogP contribution in [0.2, 0.25) is 0 Å². The first-order valence-corrected chi connectivity index (χ1v) is 10.5. The van der Waals surface area contributed by atoms with Crippen LogP contribution in [0.25, 0.3) is 10.8 Å². The molecule has 1 saturated carbocycles. The maximum Gasteiger partial charge on any atom is 0.222 e. The van der Waals surface area contributed by atoms with Gasteiger partial charge in [-0.05, 0) is 62.4 Å². The van der Waals surface area contributed by atoms with E-state index in [1.165, 1.54) is 22.8 Å². The number of likely N-dealkylation sites (tertiary alicyclic amines) is 1. The summed E-state index contributed by atoms with van der Waals surface area (Å²) in [5.74, 6) is 2.50. The van der Waals surface area contributed by atoms with Gasteiger partial charge in [0.2, 0.25) is 5.91 Å². The SMILES string of the molecule is CC(C)Oc1ccc2ccccc2c1CN(C)[C@@H]1C[C@@H]2CC(=O)N(C)C[C@@H]2C1. The average Bonchev–Trinajstić information content (AvgIpc) is 3.06. The Hall–Kier alpha value is -2.07. The summed E-state index contributed by atoms with van der Waals surface area (Å²) in [7, 11) is 4.18. The highest BCUT2D eigenvalue weighted by atomic mass is 16.5. The van der Waals surface area contributed by atoms with E-state index in [4.69, 9.17) is 4.74 Å². The van der Waals surface area contributed by atoms with Gasteiger partial charge in [0.15, 0.2) is 0 Å². The Balaban J connectivity index is 1.56. The van der Waals surface area contributed by atoms with E-state index < -0.39 is 0 Å². The minimum Gasteiger partial charge on any atom is -0.491 e. The van der Waals surface area contributed by atoms with Gasteiger partial charge in [-0.3, -0.25) is 9.69 Å². The normalized spacial score (nSPS) is 25.0. The zero-order valence-electron chi connectivity index (χ0n) is 17.5. The van der Waals surface area contributed by atoms with Crippen LogP contribution in [-0.4, -0.2) is 48.5 Å². The Morgan fingerprint density at radius 3 is 2.68 bits per heavy atom. The van der Waals surface area contributed by atoms with Gasteiger partial charge in [-0.25, -0.2) is 0 Å². The van der Waals surface area contributed by atoms with Gasteiger partial charge in [0.1, 0.15) is 5.75 Å². The molecule has 0 radical (unpaired) electrons. The molecule has 0 N–H and O–H groups in total. The third-order valence-electron chi connectivity index (χ3n) is 6.58. The average molecular weight is 381 g/mol. The second-order valence-electron chi connectivity index (χ2n) is 8.97. The van der Waals surface area contributed by atoms with Crippen molar-refractivity contribution in [2.45, 2.75) is 51.8 Å². The highest BCUT2D eigenvalue weighted by Gasteiger charge is 2.41. The van der Waals surface area contributed by atoms with E-state index in [-0.39, 0.29) is 6.10 Å². The molecule has 28 heavy (non-hydrogen) atoms. The number of carbonyl (C=O) groups is 1. The molecule has 0 aromatic heterocycles. The summed E-state index contributed by atoms with van der Waals surface area (Å²) >= 11 is 0. The number of nitrogens with zero attached hydrogens (tertiary/aromatic N) is 2. The van der Waals surface area contributed by atoms with Crippen molar-refractivity contribution in [3.8, 4) is 5.75 Å². The summed E-state index contributed by atoms with van der Waals surface area (Å²) in [6.07, 6.45) is 3.19. The van der Waals surface area contributed by atoms with Crippen LogP contribution in [0.4, 0.5) is 0 Å². The van der Waals surface area contributed by atoms with Gasteiger partial charge < -0.3 is 9.64 Å². The monoisotopic (exact) mass is 380 g/mol. The molecule has 4 heteroatoms. The molecule has 4 rings (SSSR count). The molecule has 0 unspecified atom stereocenters. The highest BCUT2D eigenvalue weighted by Crippen LogP contribution is 2.41. The largest absolute Gasteiger partial charge is 0.491 e. The smallest absolute Gasteiger partial charge is 0.222 e. The molecule has 4 nitrogen and oxygen atoms in total. The summed E-state index contributed by atoms with van der Waals surface area (Å²) in [5, 5.41) is 2.53. The predicted octanol–water partition coefficient (Wildman–Crippen LogP) is 4.32. The quantitative estimate of drug-likeness (QED) is 0.775. The maximum absolute atomic E-state index is 12.1. The van der Waals surface area contributed by atoms with Gasteiger partial charge in [-0.2, -0.15) is 0 Å². The lowest BCUT2D eigenvalue weighted by Crippen LogP contribution is -2.39. The van der Waals surface area contributed by atoms with Crippen LogP contribution in [0, 0.1) is 11.8 Å². The van der Waals surface area contributed by atoms with Crippen LogP contribution in [0.1, 0.15) is 38.7 Å². The van der Waals surface area contributed by atoms with Crippen molar-refractivity contribution in [3.05, 3.63) is 42.0 Å². The van der Waals surface area contributed by atoms with E-state index >= 15 is 0 Å². The Morgan fingerprint density at radius 2 is 1.89 bits per heavy atom. The van der Waals surface area contributed by atoms with Gasteiger partial charge in [-0.1, -0.05) is 30.3 Å². The Kier molecular flexibility index (Phi) is 5.33. The Morgan fingerprint density at radius 1 is 1.14 bits per heavy atom. The maximum atomic E-state index is 12.1. The number of hydrogen-bond donors (Lipinski definition) is 0. The molecule has 3 atom stereocenters.